The van der Waals surface area contributed by atoms with Crippen molar-refractivity contribution < 1.29 is 28.2 Å². The zero-order valence-electron chi connectivity index (χ0n) is 38.5. The number of anilines is 12. The lowest BCUT2D eigenvalue weighted by molar-refractivity contribution is -0.112. The number of methoxy groups -OCH3 is 1. The monoisotopic (exact) mass is 940 g/mol. The summed E-state index contributed by atoms with van der Waals surface area (Å²) >= 11 is 0. The van der Waals surface area contributed by atoms with Crippen LogP contribution in [0.2, 0.25) is 0 Å². The second kappa shape index (κ2) is 22.9. The topological polar surface area (TPSA) is 200 Å². The summed E-state index contributed by atoms with van der Waals surface area (Å²) in [5, 5.41) is 27.8. The van der Waals surface area contributed by atoms with Gasteiger partial charge in [-0.3, -0.25) is 9.59 Å². The molecule has 8 rings (SSSR count). The predicted molar refractivity (Wildman–Crippen MR) is 268 cm³/mol. The van der Waals surface area contributed by atoms with Gasteiger partial charge >= 0.3 is 0 Å². The van der Waals surface area contributed by atoms with Crippen LogP contribution in [0.5, 0.6) is 11.5 Å². The highest BCUT2D eigenvalue weighted by atomic mass is 19.1. The van der Waals surface area contributed by atoms with Crippen molar-refractivity contribution in [1.29, 1.82) is 0 Å². The first kappa shape index (κ1) is 48.6. The molecule has 69 heavy (non-hydrogen) atoms. The molecule has 20 heteroatoms. The Balaban J connectivity index is 0.000000204. The van der Waals surface area contributed by atoms with Gasteiger partial charge < -0.3 is 61.3 Å². The molecule has 2 aliphatic heterocycles. The number of hydrogen-bond acceptors (Lipinski definition) is 16. The quantitative estimate of drug-likeness (QED) is 0.0494. The second-order valence-corrected chi connectivity index (χ2v) is 16.0. The van der Waals surface area contributed by atoms with Gasteiger partial charge in [0, 0.05) is 86.5 Å². The van der Waals surface area contributed by atoms with Crippen molar-refractivity contribution in [3.8, 4) is 11.5 Å². The van der Waals surface area contributed by atoms with Crippen molar-refractivity contribution in [2.45, 2.75) is 0 Å². The van der Waals surface area contributed by atoms with E-state index in [4.69, 9.17) is 4.74 Å². The van der Waals surface area contributed by atoms with Gasteiger partial charge in [0.05, 0.1) is 30.9 Å². The fraction of sp³-hybridized carbons (Fsp3) is 0.224. The van der Waals surface area contributed by atoms with E-state index >= 15 is 0 Å². The highest BCUT2D eigenvalue weighted by Gasteiger charge is 2.20. The van der Waals surface area contributed by atoms with Crippen molar-refractivity contribution in [3.05, 3.63) is 134 Å². The number of aromatic nitrogens is 4. The molecule has 0 bridgehead atoms. The first-order valence-corrected chi connectivity index (χ1v) is 21.9. The minimum absolute atomic E-state index is 0.152. The average molecular weight is 941 g/mol. The molecular weight excluding hydrogens is 887 g/mol. The van der Waals surface area contributed by atoms with Gasteiger partial charge in [-0.2, -0.15) is 9.97 Å². The molecular formula is C49H54F2N14O4. The van der Waals surface area contributed by atoms with Crippen molar-refractivity contribution >= 4 is 80.8 Å². The van der Waals surface area contributed by atoms with Gasteiger partial charge in [-0.25, -0.2) is 18.7 Å². The maximum atomic E-state index is 14.9. The number of carbonyl (C=O) groups excluding carboxylic acids is 2. The second-order valence-electron chi connectivity index (χ2n) is 16.0. The van der Waals surface area contributed by atoms with E-state index in [1.54, 1.807) is 60.7 Å². The van der Waals surface area contributed by atoms with Crippen LogP contribution in [0.1, 0.15) is 0 Å². The summed E-state index contributed by atoms with van der Waals surface area (Å²) < 4.78 is 35.0. The van der Waals surface area contributed by atoms with Crippen molar-refractivity contribution in [1.82, 2.24) is 29.7 Å². The van der Waals surface area contributed by atoms with Crippen LogP contribution < -0.4 is 46.4 Å². The molecule has 0 radical (unpaired) electrons. The molecule has 0 unspecified atom stereocenters. The van der Waals surface area contributed by atoms with E-state index in [1.165, 1.54) is 43.8 Å². The molecule has 0 spiro atoms. The first-order valence-electron chi connectivity index (χ1n) is 21.9. The van der Waals surface area contributed by atoms with Gasteiger partial charge in [-0.1, -0.05) is 25.3 Å². The number of rotatable bonds is 15. The van der Waals surface area contributed by atoms with Crippen molar-refractivity contribution in [2.24, 2.45) is 0 Å². The largest absolute Gasteiger partial charge is 0.503 e. The Morgan fingerprint density at radius 3 is 1.46 bits per heavy atom. The number of likely N-dealkylation sites (N-methyl/N-ethyl adjacent to an activating group) is 2. The standard InChI is InChI=1S/C25H28FN7O2.C24H26FN7O2/c1-4-23(34)28-17-6-5-7-18(14-17)29-24-22(35-3)16-27-25(31-24)30-19-8-9-21(20(26)15-19)33-12-10-32(2)11-13-33;1-3-22(34)27-16-5-4-6-17(13-16)28-23-21(33)15-26-24(30-23)29-18-7-8-20(19(25)14-18)32-11-9-31(2)10-12-32/h4-9,14-16H,1,10-13H2,2-3H3,(H,28,34)(H2,27,29,30,31);3-8,13-15,33H,1,9-12H2,2H3,(H,27,34)(H2,26,28,29,30). The molecule has 358 valence electrons. The van der Waals surface area contributed by atoms with Gasteiger partial charge in [0.2, 0.25) is 23.7 Å². The zero-order valence-corrected chi connectivity index (χ0v) is 38.5. The lowest BCUT2D eigenvalue weighted by Gasteiger charge is -2.34. The number of piperazine rings is 2. The Bertz CT molecular complexity index is 2780. The lowest BCUT2D eigenvalue weighted by atomic mass is 10.2. The third-order valence-corrected chi connectivity index (χ3v) is 11.0. The summed E-state index contributed by atoms with van der Waals surface area (Å²) in [6.45, 7) is 13.6. The molecule has 6 aromatic rings. The van der Waals surface area contributed by atoms with Crippen LogP contribution >= 0.6 is 0 Å². The molecule has 0 aliphatic carbocycles. The summed E-state index contributed by atoms with van der Waals surface area (Å²) in [4.78, 5) is 48.8. The van der Waals surface area contributed by atoms with Gasteiger partial charge in [0.1, 0.15) is 11.6 Å². The molecule has 0 atom stereocenters. The summed E-state index contributed by atoms with van der Waals surface area (Å²) in [6, 6.07) is 24.0. The van der Waals surface area contributed by atoms with Crippen LogP contribution in [0.25, 0.3) is 0 Å². The van der Waals surface area contributed by atoms with E-state index in [0.29, 0.717) is 57.1 Å². The normalized spacial score (nSPS) is 13.8. The van der Waals surface area contributed by atoms with E-state index in [9.17, 15) is 23.5 Å². The average Bonchev–Trinajstić information content (AvgIpc) is 3.34. The first-order chi connectivity index (χ1) is 33.4. The van der Waals surface area contributed by atoms with Crippen LogP contribution in [0.4, 0.5) is 77.8 Å². The summed E-state index contributed by atoms with van der Waals surface area (Å²) in [6.07, 6.45) is 5.15. The molecule has 2 fully saturated rings. The van der Waals surface area contributed by atoms with Gasteiger partial charge in [0.25, 0.3) is 0 Å². The number of benzene rings is 4. The summed E-state index contributed by atoms with van der Waals surface area (Å²) in [5.41, 5.74) is 4.59. The maximum absolute atomic E-state index is 14.9. The number of ether oxygens (including phenoxy) is 1. The Morgan fingerprint density at radius 2 is 1.01 bits per heavy atom. The molecule has 2 aliphatic rings. The molecule has 18 nitrogen and oxygen atoms in total. The van der Waals surface area contributed by atoms with Crippen molar-refractivity contribution in [2.75, 3.05) is 115 Å². The summed E-state index contributed by atoms with van der Waals surface area (Å²) in [5.74, 6) is 0.00834. The molecule has 0 saturated carbocycles. The van der Waals surface area contributed by atoms with E-state index in [2.05, 4.69) is 93.8 Å². The minimum Gasteiger partial charge on any atom is -0.503 e. The third kappa shape index (κ3) is 13.4. The molecule has 2 saturated heterocycles. The molecule has 7 N–H and O–H groups in total. The molecule has 2 amide bonds. The number of carbonyl (C=O) groups is 2. The van der Waals surface area contributed by atoms with Crippen LogP contribution in [0, 0.1) is 11.6 Å². The van der Waals surface area contributed by atoms with Crippen LogP contribution in [-0.4, -0.2) is 120 Å². The number of amides is 2. The molecule has 2 aromatic heterocycles. The van der Waals surface area contributed by atoms with Gasteiger partial charge in [-0.05, 0) is 99.0 Å². The number of nitrogens with zero attached hydrogens (tertiary/aromatic N) is 8. The van der Waals surface area contributed by atoms with Gasteiger partial charge in [0.15, 0.2) is 23.1 Å². The molecule has 4 aromatic carbocycles. The van der Waals surface area contributed by atoms with Crippen LogP contribution in [-0.2, 0) is 9.59 Å². The number of hydrogen-bond donors (Lipinski definition) is 7. The SMILES string of the molecule is C=CC(=O)Nc1cccc(Nc2nc(Nc3ccc(N4CCN(C)CC4)c(F)c3)ncc2O)c1.C=CC(=O)Nc1cccc(Nc2nc(Nc3ccc(N4CCN(C)CC4)c(F)c3)ncc2OC)c1. The third-order valence-electron chi connectivity index (χ3n) is 11.0. The summed E-state index contributed by atoms with van der Waals surface area (Å²) in [7, 11) is 5.64. The smallest absolute Gasteiger partial charge is 0.247 e. The number of aromatic hydroxyl groups is 1. The fourth-order valence-corrected chi connectivity index (χ4v) is 7.24. The molecule has 4 heterocycles. The van der Waals surface area contributed by atoms with E-state index in [-0.39, 0.29) is 46.9 Å². The van der Waals surface area contributed by atoms with E-state index < -0.39 is 0 Å². The van der Waals surface area contributed by atoms with Crippen LogP contribution in [0.3, 0.4) is 0 Å². The maximum Gasteiger partial charge on any atom is 0.247 e. The Labute approximate surface area is 398 Å². The van der Waals surface area contributed by atoms with Gasteiger partial charge in [-0.15, -0.1) is 0 Å². The Morgan fingerprint density at radius 1 is 0.594 bits per heavy atom. The zero-order chi connectivity index (χ0) is 48.9. The highest BCUT2D eigenvalue weighted by molar-refractivity contribution is 5.99. The number of halogens is 2. The fourth-order valence-electron chi connectivity index (χ4n) is 7.24. The lowest BCUT2D eigenvalue weighted by Crippen LogP contribution is -2.44. The van der Waals surface area contributed by atoms with Crippen LogP contribution in [0.15, 0.2) is 123 Å². The van der Waals surface area contributed by atoms with Crippen molar-refractivity contribution in [3.63, 3.8) is 0 Å². The van der Waals surface area contributed by atoms with E-state index in [1.807, 2.05) is 17.0 Å². The Kier molecular flexibility index (Phi) is 16.1. The number of nitrogens with one attached hydrogen (secondary N) is 6. The highest BCUT2D eigenvalue weighted by Crippen LogP contribution is 2.31. The predicted octanol–water partition coefficient (Wildman–Crippen LogP) is 7.67. The minimum atomic E-state index is -0.334. The van der Waals surface area contributed by atoms with E-state index in [0.717, 1.165) is 52.4 Å². The Hall–Kier alpha value is -8.36.